The van der Waals surface area contributed by atoms with Crippen molar-refractivity contribution in [2.75, 3.05) is 0 Å². The first-order chi connectivity index (χ1) is 9.55. The smallest absolute Gasteiger partial charge is 0.309 e. The molecule has 0 spiro atoms. The normalized spacial score (nSPS) is 47.3. The Morgan fingerprint density at radius 2 is 1.24 bits per heavy atom. The number of carboxylic acid groups (broad SMARTS) is 3. The molecule has 2 atom stereocenters. The minimum atomic E-state index is -1.39. The summed E-state index contributed by atoms with van der Waals surface area (Å²) in [5, 5.41) is 39.0. The number of carbonyl (C=O) groups is 3. The molecule has 0 aromatic carbocycles. The number of hydrogen-bond acceptors (Lipinski definition) is 4. The molecule has 7 nitrogen and oxygen atoms in total. The molecule has 4 aliphatic rings. The second-order valence-corrected chi connectivity index (χ2v) is 7.53. The van der Waals surface area contributed by atoms with Gasteiger partial charge in [-0.1, -0.05) is 0 Å². The van der Waals surface area contributed by atoms with Gasteiger partial charge in [0.15, 0.2) is 0 Å². The quantitative estimate of drug-likeness (QED) is 0.600. The van der Waals surface area contributed by atoms with E-state index >= 15 is 0 Å². The summed E-state index contributed by atoms with van der Waals surface area (Å²) in [5.41, 5.74) is -4.97. The van der Waals surface area contributed by atoms with E-state index in [0.717, 1.165) is 0 Å². The van der Waals surface area contributed by atoms with Gasteiger partial charge < -0.3 is 20.4 Å². The highest BCUT2D eigenvalue weighted by atomic mass is 16.4. The Morgan fingerprint density at radius 3 is 1.62 bits per heavy atom. The van der Waals surface area contributed by atoms with E-state index in [1.54, 1.807) is 0 Å². The van der Waals surface area contributed by atoms with Crippen LogP contribution >= 0.6 is 0 Å². The fraction of sp³-hybridized carbons (Fsp3) is 0.786. The van der Waals surface area contributed by atoms with Crippen molar-refractivity contribution >= 4 is 17.9 Å². The summed E-state index contributed by atoms with van der Waals surface area (Å²) in [5.74, 6) is -3.33. The van der Waals surface area contributed by atoms with E-state index < -0.39 is 39.8 Å². The molecule has 0 aliphatic heterocycles. The maximum Gasteiger partial charge on any atom is 0.309 e. The third kappa shape index (κ3) is 1.87. The van der Waals surface area contributed by atoms with Crippen molar-refractivity contribution in [3.8, 4) is 0 Å². The van der Waals surface area contributed by atoms with E-state index in [1.807, 2.05) is 0 Å². The molecule has 4 N–H and O–H groups in total. The molecular weight excluding hydrogens is 280 g/mol. The number of aliphatic hydroxyl groups is 1. The van der Waals surface area contributed by atoms with Gasteiger partial charge >= 0.3 is 17.9 Å². The molecule has 0 amide bonds. The van der Waals surface area contributed by atoms with Crippen LogP contribution in [-0.2, 0) is 14.4 Å². The van der Waals surface area contributed by atoms with Crippen molar-refractivity contribution in [2.45, 2.75) is 50.5 Å². The first-order valence-corrected chi connectivity index (χ1v) is 6.96. The Kier molecular flexibility index (Phi) is 2.57. The first kappa shape index (κ1) is 14.3. The number of hydrogen-bond donors (Lipinski definition) is 4. The minimum absolute atomic E-state index is 0.0195. The highest BCUT2D eigenvalue weighted by Gasteiger charge is 2.72. The zero-order chi connectivity index (χ0) is 15.7. The number of rotatable bonds is 4. The Bertz CT molecular complexity index is 522. The highest BCUT2D eigenvalue weighted by molar-refractivity contribution is 5.82. The van der Waals surface area contributed by atoms with Crippen LogP contribution in [0, 0.1) is 16.2 Å². The van der Waals surface area contributed by atoms with Crippen molar-refractivity contribution in [1.29, 1.82) is 0 Å². The Balaban J connectivity index is 2.13. The van der Waals surface area contributed by atoms with Crippen LogP contribution in [-0.4, -0.2) is 43.9 Å². The molecule has 4 saturated carbocycles. The second kappa shape index (κ2) is 3.76. The average molecular weight is 298 g/mol. The molecule has 0 saturated heterocycles. The summed E-state index contributed by atoms with van der Waals surface area (Å²) < 4.78 is 0. The van der Waals surface area contributed by atoms with Crippen LogP contribution in [0.3, 0.4) is 0 Å². The van der Waals surface area contributed by atoms with E-state index in [1.165, 1.54) is 0 Å². The molecule has 4 fully saturated rings. The summed E-state index contributed by atoms with van der Waals surface area (Å²) in [7, 11) is 0. The van der Waals surface area contributed by atoms with Crippen molar-refractivity contribution in [3.05, 3.63) is 0 Å². The van der Waals surface area contributed by atoms with Gasteiger partial charge in [-0.15, -0.1) is 0 Å². The first-order valence-electron chi connectivity index (χ1n) is 6.96. The van der Waals surface area contributed by atoms with Crippen LogP contribution in [0.5, 0.6) is 0 Å². The molecule has 4 rings (SSSR count). The van der Waals surface area contributed by atoms with Gasteiger partial charge in [0.25, 0.3) is 0 Å². The Morgan fingerprint density at radius 1 is 0.762 bits per heavy atom. The summed E-state index contributed by atoms with van der Waals surface area (Å²) in [6.45, 7) is 0. The zero-order valence-corrected chi connectivity index (χ0v) is 11.5. The summed E-state index contributed by atoms with van der Waals surface area (Å²) >= 11 is 0. The third-order valence-electron chi connectivity index (χ3n) is 5.58. The van der Waals surface area contributed by atoms with Crippen LogP contribution in [0.2, 0.25) is 0 Å². The monoisotopic (exact) mass is 298 g/mol. The molecule has 0 radical (unpaired) electrons. The van der Waals surface area contributed by atoms with Gasteiger partial charge in [-0.2, -0.15) is 0 Å². The standard InChI is InChI=1S/C14H18O7/c15-8(16)1-11-2-12(9(17)18)5-13(3-11,10(19)20)7-14(21,4-11)6-12/h21H,1-7H2,(H,15,16)(H,17,18)(H,19,20). The molecule has 21 heavy (non-hydrogen) atoms. The van der Waals surface area contributed by atoms with Crippen molar-refractivity contribution in [3.63, 3.8) is 0 Å². The number of aliphatic carboxylic acids is 3. The molecule has 0 aromatic heterocycles. The molecule has 0 aromatic rings. The van der Waals surface area contributed by atoms with Crippen molar-refractivity contribution in [1.82, 2.24) is 0 Å². The maximum absolute atomic E-state index is 11.7. The fourth-order valence-electron chi connectivity index (χ4n) is 5.75. The van der Waals surface area contributed by atoms with E-state index in [2.05, 4.69) is 0 Å². The maximum atomic E-state index is 11.7. The molecule has 116 valence electrons. The van der Waals surface area contributed by atoms with Gasteiger partial charge in [-0.25, -0.2) is 0 Å². The summed E-state index contributed by atoms with van der Waals surface area (Å²) in [4.78, 5) is 34.6. The lowest BCUT2D eigenvalue weighted by molar-refractivity contribution is -0.243. The SMILES string of the molecule is O=C(O)CC12CC3(O)CC(C(=O)O)(C1)CC(C(=O)O)(C3)C2. The third-order valence-corrected chi connectivity index (χ3v) is 5.58. The van der Waals surface area contributed by atoms with Gasteiger partial charge in [0.05, 0.1) is 22.9 Å². The average Bonchev–Trinajstić information content (AvgIpc) is 2.22. The lowest BCUT2D eigenvalue weighted by Gasteiger charge is -2.66. The fourth-order valence-corrected chi connectivity index (χ4v) is 5.75. The van der Waals surface area contributed by atoms with E-state index in [9.17, 15) is 29.7 Å². The molecule has 2 unspecified atom stereocenters. The molecule has 4 aliphatic carbocycles. The predicted molar refractivity (Wildman–Crippen MR) is 67.5 cm³/mol. The van der Waals surface area contributed by atoms with E-state index in [-0.39, 0.29) is 44.9 Å². The lowest BCUT2D eigenvalue weighted by Crippen LogP contribution is -2.68. The highest BCUT2D eigenvalue weighted by Crippen LogP contribution is 2.72. The Labute approximate surface area is 120 Å². The van der Waals surface area contributed by atoms with Gasteiger partial charge in [-0.05, 0) is 43.9 Å². The lowest BCUT2D eigenvalue weighted by atomic mass is 9.37. The van der Waals surface area contributed by atoms with Gasteiger partial charge in [0, 0.05) is 0 Å². The minimum Gasteiger partial charge on any atom is -0.481 e. The molecule has 0 heterocycles. The zero-order valence-electron chi connectivity index (χ0n) is 11.5. The van der Waals surface area contributed by atoms with E-state index in [0.29, 0.717) is 0 Å². The van der Waals surface area contributed by atoms with Crippen LogP contribution in [0.15, 0.2) is 0 Å². The molecule has 4 bridgehead atoms. The topological polar surface area (TPSA) is 132 Å². The molecule has 7 heteroatoms. The van der Waals surface area contributed by atoms with Crippen molar-refractivity contribution in [2.24, 2.45) is 16.2 Å². The predicted octanol–water partition coefficient (Wildman–Crippen LogP) is 0.702. The largest absolute Gasteiger partial charge is 0.481 e. The van der Waals surface area contributed by atoms with Crippen molar-refractivity contribution < 1.29 is 34.8 Å². The second-order valence-electron chi connectivity index (χ2n) is 7.53. The van der Waals surface area contributed by atoms with Crippen LogP contribution in [0.25, 0.3) is 0 Å². The summed E-state index contributed by atoms with van der Waals surface area (Å²) in [6.07, 6.45) is 0.180. The number of carboxylic acids is 3. The van der Waals surface area contributed by atoms with Crippen LogP contribution < -0.4 is 0 Å². The van der Waals surface area contributed by atoms with Crippen LogP contribution in [0.4, 0.5) is 0 Å². The Hall–Kier alpha value is -1.63. The summed E-state index contributed by atoms with van der Waals surface area (Å²) in [6, 6.07) is 0. The van der Waals surface area contributed by atoms with Gasteiger partial charge in [0.2, 0.25) is 0 Å². The van der Waals surface area contributed by atoms with Gasteiger partial charge in [0.1, 0.15) is 0 Å². The van der Waals surface area contributed by atoms with Gasteiger partial charge in [-0.3, -0.25) is 14.4 Å². The van der Waals surface area contributed by atoms with E-state index in [4.69, 9.17) is 5.11 Å². The van der Waals surface area contributed by atoms with Crippen LogP contribution in [0.1, 0.15) is 44.9 Å². The molecular formula is C14H18O7.